The molecule has 0 bridgehead atoms. The van der Waals surface area contributed by atoms with Gasteiger partial charge in [0.25, 0.3) is 5.95 Å². The van der Waals surface area contributed by atoms with Crippen molar-refractivity contribution in [1.82, 2.24) is 29.7 Å². The molecule has 0 unspecified atom stereocenters. The van der Waals surface area contributed by atoms with E-state index >= 15 is 0 Å². The standard InChI is InChI=1S/C13H19N7S/c1-2-15-11-17-12(20-9-14-8-16-20)19-13(18-11)21-10-6-4-3-5-7-10/h8-10H,2-7H2,1H3,(H,15,17,18,19). The molecule has 8 heteroatoms. The lowest BCUT2D eigenvalue weighted by molar-refractivity contribution is 0.515. The third kappa shape index (κ3) is 3.69. The summed E-state index contributed by atoms with van der Waals surface area (Å²) >= 11 is 1.75. The SMILES string of the molecule is CCNc1nc(SC2CCCCC2)nc(-n2cncn2)n1. The lowest BCUT2D eigenvalue weighted by Crippen LogP contribution is -2.12. The van der Waals surface area contributed by atoms with Crippen LogP contribution in [0.2, 0.25) is 0 Å². The van der Waals surface area contributed by atoms with E-state index in [1.807, 2.05) is 6.92 Å². The van der Waals surface area contributed by atoms with Gasteiger partial charge in [-0.2, -0.15) is 24.7 Å². The minimum Gasteiger partial charge on any atom is -0.354 e. The van der Waals surface area contributed by atoms with Gasteiger partial charge in [0, 0.05) is 11.8 Å². The van der Waals surface area contributed by atoms with E-state index in [1.165, 1.54) is 38.4 Å². The van der Waals surface area contributed by atoms with Crippen molar-refractivity contribution in [3.8, 4) is 5.95 Å². The van der Waals surface area contributed by atoms with Crippen molar-refractivity contribution < 1.29 is 0 Å². The van der Waals surface area contributed by atoms with Crippen LogP contribution in [0.25, 0.3) is 5.95 Å². The zero-order chi connectivity index (χ0) is 14.5. The van der Waals surface area contributed by atoms with Crippen LogP contribution in [-0.4, -0.2) is 41.5 Å². The Morgan fingerprint density at radius 3 is 2.81 bits per heavy atom. The first-order valence-corrected chi connectivity index (χ1v) is 8.24. The average molecular weight is 305 g/mol. The Kier molecular flexibility index (Phi) is 4.64. The van der Waals surface area contributed by atoms with Crippen molar-refractivity contribution >= 4 is 17.7 Å². The van der Waals surface area contributed by atoms with Crippen molar-refractivity contribution in [2.75, 3.05) is 11.9 Å². The van der Waals surface area contributed by atoms with Crippen LogP contribution >= 0.6 is 11.8 Å². The fourth-order valence-corrected chi connectivity index (χ4v) is 3.52. The van der Waals surface area contributed by atoms with Crippen molar-refractivity contribution in [2.24, 2.45) is 0 Å². The summed E-state index contributed by atoms with van der Waals surface area (Å²) in [4.78, 5) is 17.3. The fourth-order valence-electron chi connectivity index (χ4n) is 2.38. The second-order valence-corrected chi connectivity index (χ2v) is 6.26. The van der Waals surface area contributed by atoms with Gasteiger partial charge in [-0.15, -0.1) is 0 Å². The molecule has 0 radical (unpaired) electrons. The number of nitrogens with zero attached hydrogens (tertiary/aromatic N) is 6. The zero-order valence-corrected chi connectivity index (χ0v) is 12.9. The van der Waals surface area contributed by atoms with Crippen molar-refractivity contribution in [3.05, 3.63) is 12.7 Å². The largest absolute Gasteiger partial charge is 0.354 e. The van der Waals surface area contributed by atoms with E-state index in [0.717, 1.165) is 11.7 Å². The quantitative estimate of drug-likeness (QED) is 0.907. The Bertz CT molecular complexity index is 566. The molecule has 21 heavy (non-hydrogen) atoms. The van der Waals surface area contributed by atoms with E-state index in [9.17, 15) is 0 Å². The first-order chi connectivity index (χ1) is 10.3. The molecule has 0 aromatic carbocycles. The lowest BCUT2D eigenvalue weighted by atomic mass is 10.0. The number of thioether (sulfide) groups is 1. The molecule has 112 valence electrons. The molecule has 0 spiro atoms. The van der Waals surface area contributed by atoms with Crippen LogP contribution in [0.15, 0.2) is 17.8 Å². The molecule has 0 saturated heterocycles. The minimum absolute atomic E-state index is 0.511. The first-order valence-electron chi connectivity index (χ1n) is 7.37. The summed E-state index contributed by atoms with van der Waals surface area (Å²) in [5.74, 6) is 1.10. The van der Waals surface area contributed by atoms with E-state index in [1.54, 1.807) is 22.8 Å². The maximum absolute atomic E-state index is 4.51. The molecule has 0 amide bonds. The molecule has 7 nitrogen and oxygen atoms in total. The topological polar surface area (TPSA) is 81.4 Å². The van der Waals surface area contributed by atoms with Gasteiger partial charge >= 0.3 is 0 Å². The second kappa shape index (κ2) is 6.84. The molecule has 1 fully saturated rings. The Hall–Kier alpha value is -1.70. The molecule has 2 aromatic rings. The van der Waals surface area contributed by atoms with E-state index in [2.05, 4.69) is 30.4 Å². The Balaban J connectivity index is 1.84. The Morgan fingerprint density at radius 1 is 1.24 bits per heavy atom. The predicted octanol–water partition coefficient (Wildman–Crippen LogP) is 2.31. The van der Waals surface area contributed by atoms with Crippen molar-refractivity contribution in [3.63, 3.8) is 0 Å². The van der Waals surface area contributed by atoms with Gasteiger partial charge in [0.2, 0.25) is 5.95 Å². The number of hydrogen-bond donors (Lipinski definition) is 1. The normalized spacial score (nSPS) is 16.0. The fraction of sp³-hybridized carbons (Fsp3) is 0.615. The first kappa shape index (κ1) is 14.2. The van der Waals surface area contributed by atoms with Crippen LogP contribution < -0.4 is 5.32 Å². The van der Waals surface area contributed by atoms with Gasteiger partial charge < -0.3 is 5.32 Å². The summed E-state index contributed by atoms with van der Waals surface area (Å²) < 4.78 is 1.56. The molecule has 1 N–H and O–H groups in total. The molecular formula is C13H19N7S. The second-order valence-electron chi connectivity index (χ2n) is 4.99. The van der Waals surface area contributed by atoms with Gasteiger partial charge in [0.05, 0.1) is 0 Å². The van der Waals surface area contributed by atoms with Crippen LogP contribution in [0.1, 0.15) is 39.0 Å². The van der Waals surface area contributed by atoms with Gasteiger partial charge in [0.1, 0.15) is 12.7 Å². The summed E-state index contributed by atoms with van der Waals surface area (Å²) in [6.07, 6.45) is 9.51. The minimum atomic E-state index is 0.511. The van der Waals surface area contributed by atoms with Gasteiger partial charge in [-0.05, 0) is 19.8 Å². The van der Waals surface area contributed by atoms with Gasteiger partial charge in [-0.3, -0.25) is 0 Å². The van der Waals surface area contributed by atoms with E-state index in [-0.39, 0.29) is 0 Å². The molecule has 1 saturated carbocycles. The van der Waals surface area contributed by atoms with Crippen LogP contribution in [0, 0.1) is 0 Å². The molecule has 2 aromatic heterocycles. The number of nitrogens with one attached hydrogen (secondary N) is 1. The van der Waals surface area contributed by atoms with Gasteiger partial charge in [-0.1, -0.05) is 31.0 Å². The van der Waals surface area contributed by atoms with Crippen LogP contribution in [0.4, 0.5) is 5.95 Å². The summed E-state index contributed by atoms with van der Waals surface area (Å²) in [7, 11) is 0. The number of rotatable bonds is 5. The van der Waals surface area contributed by atoms with Crippen molar-refractivity contribution in [1.29, 1.82) is 0 Å². The molecule has 1 aliphatic carbocycles. The zero-order valence-electron chi connectivity index (χ0n) is 12.1. The molecule has 0 aliphatic heterocycles. The summed E-state index contributed by atoms with van der Waals surface area (Å²) in [5.41, 5.74) is 0. The molecule has 2 heterocycles. The van der Waals surface area contributed by atoms with E-state index in [4.69, 9.17) is 0 Å². The number of hydrogen-bond acceptors (Lipinski definition) is 7. The Labute approximate surface area is 128 Å². The van der Waals surface area contributed by atoms with Crippen molar-refractivity contribution in [2.45, 2.75) is 49.4 Å². The third-order valence-corrected chi connectivity index (χ3v) is 4.58. The monoisotopic (exact) mass is 305 g/mol. The summed E-state index contributed by atoms with van der Waals surface area (Å²) in [5, 5.41) is 8.61. The molecule has 3 rings (SSSR count). The predicted molar refractivity (Wildman–Crippen MR) is 81.6 cm³/mol. The molecule has 0 atom stereocenters. The highest BCUT2D eigenvalue weighted by Gasteiger charge is 2.18. The maximum atomic E-state index is 4.51. The summed E-state index contributed by atoms with van der Waals surface area (Å²) in [6, 6.07) is 0. The van der Waals surface area contributed by atoms with Gasteiger partial charge in [-0.25, -0.2) is 4.98 Å². The Morgan fingerprint density at radius 2 is 2.10 bits per heavy atom. The highest BCUT2D eigenvalue weighted by Crippen LogP contribution is 2.32. The highest BCUT2D eigenvalue weighted by molar-refractivity contribution is 7.99. The average Bonchev–Trinajstić information content (AvgIpc) is 3.03. The lowest BCUT2D eigenvalue weighted by Gasteiger charge is -2.20. The van der Waals surface area contributed by atoms with E-state index in [0.29, 0.717) is 17.1 Å². The molecular weight excluding hydrogens is 286 g/mol. The molecule has 1 aliphatic rings. The van der Waals surface area contributed by atoms with Crippen LogP contribution in [0.5, 0.6) is 0 Å². The number of anilines is 1. The summed E-state index contributed by atoms with van der Waals surface area (Å²) in [6.45, 7) is 2.79. The highest BCUT2D eigenvalue weighted by atomic mass is 32.2. The third-order valence-electron chi connectivity index (χ3n) is 3.39. The van der Waals surface area contributed by atoms with Crippen LogP contribution in [-0.2, 0) is 0 Å². The van der Waals surface area contributed by atoms with Crippen LogP contribution in [0.3, 0.4) is 0 Å². The maximum Gasteiger partial charge on any atom is 0.257 e. The number of aromatic nitrogens is 6. The van der Waals surface area contributed by atoms with Gasteiger partial charge in [0.15, 0.2) is 5.16 Å². The van der Waals surface area contributed by atoms with E-state index < -0.39 is 0 Å². The smallest absolute Gasteiger partial charge is 0.257 e.